The molecule has 1 saturated carbocycles. The first-order chi connectivity index (χ1) is 7.70. The molecule has 0 unspecified atom stereocenters. The van der Waals surface area contributed by atoms with E-state index in [-0.39, 0.29) is 11.9 Å². The molecule has 4 nitrogen and oxygen atoms in total. The van der Waals surface area contributed by atoms with Crippen LogP contribution in [0.5, 0.6) is 0 Å². The first-order valence-electron chi connectivity index (χ1n) is 5.38. The summed E-state index contributed by atoms with van der Waals surface area (Å²) in [6, 6.07) is 9.72. The number of amides is 3. The second-order valence-electron chi connectivity index (χ2n) is 4.51. The summed E-state index contributed by atoms with van der Waals surface area (Å²) < 4.78 is 0. The molecule has 16 heavy (non-hydrogen) atoms. The molecule has 1 spiro atoms. The monoisotopic (exact) mass is 216 g/mol. The molecule has 0 aromatic heterocycles. The van der Waals surface area contributed by atoms with Crippen molar-refractivity contribution < 1.29 is 9.59 Å². The summed E-state index contributed by atoms with van der Waals surface area (Å²) in [6.45, 7) is 0. The van der Waals surface area contributed by atoms with Gasteiger partial charge in [-0.25, -0.2) is 4.79 Å². The van der Waals surface area contributed by atoms with Gasteiger partial charge in [0.25, 0.3) is 5.91 Å². The third-order valence-electron chi connectivity index (χ3n) is 3.48. The van der Waals surface area contributed by atoms with Gasteiger partial charge >= 0.3 is 6.03 Å². The van der Waals surface area contributed by atoms with Crippen molar-refractivity contribution in [2.45, 2.75) is 24.3 Å². The number of hydrogen-bond acceptors (Lipinski definition) is 2. The Morgan fingerprint density at radius 3 is 2.38 bits per heavy atom. The van der Waals surface area contributed by atoms with Gasteiger partial charge in [-0.05, 0) is 24.3 Å². The first-order valence-corrected chi connectivity index (χ1v) is 5.38. The number of rotatable bonds is 1. The fourth-order valence-electron chi connectivity index (χ4n) is 2.56. The molecule has 3 amide bonds. The molecule has 1 heterocycles. The number of benzene rings is 1. The Bertz CT molecular complexity index is 449. The Kier molecular flexibility index (Phi) is 1.80. The summed E-state index contributed by atoms with van der Waals surface area (Å²) in [5.41, 5.74) is 0.611. The van der Waals surface area contributed by atoms with Crippen LogP contribution >= 0.6 is 0 Å². The minimum Gasteiger partial charge on any atom is -0.323 e. The topological polar surface area (TPSA) is 58.2 Å². The van der Waals surface area contributed by atoms with Gasteiger partial charge in [0.1, 0.15) is 5.54 Å². The van der Waals surface area contributed by atoms with E-state index in [4.69, 9.17) is 0 Å². The minimum atomic E-state index is -0.627. The molecule has 1 saturated heterocycles. The molecule has 4 heteroatoms. The van der Waals surface area contributed by atoms with Crippen LogP contribution < -0.4 is 10.6 Å². The number of hydrogen-bond donors (Lipinski definition) is 2. The van der Waals surface area contributed by atoms with E-state index in [1.54, 1.807) is 0 Å². The Hall–Kier alpha value is -1.84. The lowest BCUT2D eigenvalue weighted by Crippen LogP contribution is -2.56. The van der Waals surface area contributed by atoms with Crippen molar-refractivity contribution in [3.8, 4) is 0 Å². The molecule has 82 valence electrons. The van der Waals surface area contributed by atoms with Crippen LogP contribution in [-0.2, 0) is 4.79 Å². The van der Waals surface area contributed by atoms with Crippen LogP contribution in [0.25, 0.3) is 0 Å². The Labute approximate surface area is 93.0 Å². The van der Waals surface area contributed by atoms with E-state index in [0.29, 0.717) is 18.8 Å². The lowest BCUT2D eigenvalue weighted by Gasteiger charge is -2.42. The number of urea groups is 1. The zero-order chi connectivity index (χ0) is 11.2. The number of carbonyl (C=O) groups is 2. The molecule has 2 aliphatic rings. The summed E-state index contributed by atoms with van der Waals surface area (Å²) in [6.07, 6.45) is 1.41. The maximum absolute atomic E-state index is 11.6. The van der Waals surface area contributed by atoms with Crippen molar-refractivity contribution in [1.82, 2.24) is 10.6 Å². The smallest absolute Gasteiger partial charge is 0.322 e. The van der Waals surface area contributed by atoms with E-state index < -0.39 is 5.54 Å². The predicted molar refractivity (Wildman–Crippen MR) is 57.8 cm³/mol. The summed E-state index contributed by atoms with van der Waals surface area (Å²) in [5.74, 6) is 0.204. The zero-order valence-corrected chi connectivity index (χ0v) is 8.69. The zero-order valence-electron chi connectivity index (χ0n) is 8.69. The van der Waals surface area contributed by atoms with Crippen LogP contribution in [0.4, 0.5) is 4.79 Å². The van der Waals surface area contributed by atoms with Crippen molar-refractivity contribution >= 4 is 11.9 Å². The van der Waals surface area contributed by atoms with Crippen molar-refractivity contribution in [3.05, 3.63) is 35.9 Å². The minimum absolute atomic E-state index is 0.176. The highest BCUT2D eigenvalue weighted by molar-refractivity contribution is 6.07. The van der Waals surface area contributed by atoms with Gasteiger partial charge in [-0.2, -0.15) is 0 Å². The van der Waals surface area contributed by atoms with E-state index in [1.807, 2.05) is 18.2 Å². The molecule has 1 aliphatic carbocycles. The average molecular weight is 216 g/mol. The van der Waals surface area contributed by atoms with Crippen LogP contribution in [0, 0.1) is 0 Å². The average Bonchev–Trinajstić information content (AvgIpc) is 2.53. The number of carbonyl (C=O) groups excluding carboxylic acids is 2. The van der Waals surface area contributed by atoms with Crippen molar-refractivity contribution in [2.24, 2.45) is 0 Å². The lowest BCUT2D eigenvalue weighted by atomic mass is 9.65. The van der Waals surface area contributed by atoms with E-state index in [2.05, 4.69) is 22.8 Å². The molecule has 1 aliphatic heterocycles. The third kappa shape index (κ3) is 1.23. The van der Waals surface area contributed by atoms with E-state index in [1.165, 1.54) is 5.56 Å². The molecular weight excluding hydrogens is 204 g/mol. The molecular formula is C12H12N2O2. The Balaban J connectivity index is 1.75. The molecule has 3 rings (SSSR count). The van der Waals surface area contributed by atoms with Gasteiger partial charge in [-0.3, -0.25) is 10.1 Å². The molecule has 0 atom stereocenters. The van der Waals surface area contributed by atoms with Crippen molar-refractivity contribution in [2.75, 3.05) is 0 Å². The molecule has 1 aromatic carbocycles. The number of imide groups is 1. The first kappa shape index (κ1) is 9.39. The van der Waals surface area contributed by atoms with Crippen LogP contribution in [0.3, 0.4) is 0 Å². The molecule has 0 radical (unpaired) electrons. The summed E-state index contributed by atoms with van der Waals surface area (Å²) in [4.78, 5) is 22.6. The second-order valence-corrected chi connectivity index (χ2v) is 4.51. The number of nitrogens with one attached hydrogen (secondary N) is 2. The van der Waals surface area contributed by atoms with Gasteiger partial charge in [0.2, 0.25) is 0 Å². The largest absolute Gasteiger partial charge is 0.323 e. The quantitative estimate of drug-likeness (QED) is 0.692. The van der Waals surface area contributed by atoms with Crippen LogP contribution in [0.2, 0.25) is 0 Å². The summed E-state index contributed by atoms with van der Waals surface area (Å²) in [7, 11) is 0. The molecule has 2 fully saturated rings. The van der Waals surface area contributed by atoms with Gasteiger partial charge in [0.15, 0.2) is 0 Å². The maximum atomic E-state index is 11.6. The lowest BCUT2D eigenvalue weighted by molar-refractivity contribution is -0.127. The van der Waals surface area contributed by atoms with E-state index >= 15 is 0 Å². The summed E-state index contributed by atoms with van der Waals surface area (Å²) in [5, 5.41) is 5.01. The van der Waals surface area contributed by atoms with Crippen LogP contribution in [0.15, 0.2) is 30.3 Å². The van der Waals surface area contributed by atoms with E-state index in [9.17, 15) is 9.59 Å². The van der Waals surface area contributed by atoms with Gasteiger partial charge in [0, 0.05) is 0 Å². The molecule has 1 aromatic rings. The van der Waals surface area contributed by atoms with Crippen LogP contribution in [0.1, 0.15) is 24.3 Å². The van der Waals surface area contributed by atoms with Gasteiger partial charge in [-0.15, -0.1) is 0 Å². The summed E-state index contributed by atoms with van der Waals surface area (Å²) >= 11 is 0. The third-order valence-corrected chi connectivity index (χ3v) is 3.48. The predicted octanol–water partition coefficient (Wildman–Crippen LogP) is 1.14. The molecule has 2 N–H and O–H groups in total. The van der Waals surface area contributed by atoms with Gasteiger partial charge in [0.05, 0.1) is 0 Å². The van der Waals surface area contributed by atoms with Crippen molar-refractivity contribution in [1.29, 1.82) is 0 Å². The highest BCUT2D eigenvalue weighted by Crippen LogP contribution is 2.45. The Morgan fingerprint density at radius 1 is 1.12 bits per heavy atom. The van der Waals surface area contributed by atoms with Gasteiger partial charge in [-0.1, -0.05) is 30.3 Å². The fourth-order valence-corrected chi connectivity index (χ4v) is 2.56. The Morgan fingerprint density at radius 2 is 1.81 bits per heavy atom. The van der Waals surface area contributed by atoms with Crippen molar-refractivity contribution in [3.63, 3.8) is 0 Å². The highest BCUT2D eigenvalue weighted by atomic mass is 16.2. The highest BCUT2D eigenvalue weighted by Gasteiger charge is 2.55. The normalized spacial score (nSPS) is 32.1. The van der Waals surface area contributed by atoms with Gasteiger partial charge < -0.3 is 5.32 Å². The second kappa shape index (κ2) is 3.07. The van der Waals surface area contributed by atoms with Crippen LogP contribution in [-0.4, -0.2) is 17.5 Å². The fraction of sp³-hybridized carbons (Fsp3) is 0.333. The van der Waals surface area contributed by atoms with E-state index in [0.717, 1.165) is 0 Å². The standard InChI is InChI=1S/C12H12N2O2/c15-10-12(14-11(16)13-10)6-9(7-12)8-4-2-1-3-5-8/h1-5,9H,6-7H2,(H2,13,14,15,16). The SMILES string of the molecule is O=C1NC(=O)C2(CC(c3ccccc3)C2)N1. The molecule has 0 bridgehead atoms. The maximum Gasteiger partial charge on any atom is 0.322 e.